The van der Waals surface area contributed by atoms with Crippen molar-refractivity contribution in [3.8, 4) is 0 Å². The second-order valence-electron chi connectivity index (χ2n) is 7.14. The van der Waals surface area contributed by atoms with Gasteiger partial charge in [0.2, 0.25) is 11.9 Å². The van der Waals surface area contributed by atoms with E-state index in [2.05, 4.69) is 4.98 Å². The quantitative estimate of drug-likeness (QED) is 0.760. The van der Waals surface area contributed by atoms with Crippen molar-refractivity contribution in [3.05, 3.63) is 17.5 Å². The van der Waals surface area contributed by atoms with Crippen molar-refractivity contribution in [2.75, 3.05) is 38.6 Å². The summed E-state index contributed by atoms with van der Waals surface area (Å²) in [5, 5.41) is 6.89. The summed E-state index contributed by atoms with van der Waals surface area (Å²) in [5.41, 5.74) is 8.00. The Balaban J connectivity index is 0.000000758. The van der Waals surface area contributed by atoms with Crippen molar-refractivity contribution in [2.45, 2.75) is 43.9 Å². The van der Waals surface area contributed by atoms with E-state index in [0.717, 1.165) is 51.1 Å². The molecule has 1 atom stereocenters. The van der Waals surface area contributed by atoms with Gasteiger partial charge >= 0.3 is 0 Å². The fourth-order valence-corrected chi connectivity index (χ4v) is 3.90. The summed E-state index contributed by atoms with van der Waals surface area (Å²) in [5.74, 6) is 1.00. The second-order valence-corrected chi connectivity index (χ2v) is 7.14. The highest BCUT2D eigenvalue weighted by Gasteiger charge is 2.44. The van der Waals surface area contributed by atoms with E-state index in [9.17, 15) is 4.79 Å². The first-order valence-corrected chi connectivity index (χ1v) is 9.07. The molecule has 1 aliphatic heterocycles. The molecule has 8 nitrogen and oxygen atoms in total. The van der Waals surface area contributed by atoms with E-state index < -0.39 is 0 Å². The molecule has 0 bridgehead atoms. The molecule has 0 saturated carbocycles. The lowest BCUT2D eigenvalue weighted by atomic mass is 9.77. The summed E-state index contributed by atoms with van der Waals surface area (Å²) in [6.45, 7) is 1.99. The Bertz CT molecular complexity index is 633. The summed E-state index contributed by atoms with van der Waals surface area (Å²) in [4.78, 5) is 34.0. The van der Waals surface area contributed by atoms with Gasteiger partial charge < -0.3 is 20.6 Å². The molecule has 144 valence electrons. The Morgan fingerprint density at radius 3 is 2.85 bits per heavy atom. The summed E-state index contributed by atoms with van der Waals surface area (Å²) in [6.07, 6.45) is 7.57. The highest BCUT2D eigenvalue weighted by Crippen LogP contribution is 2.44. The van der Waals surface area contributed by atoms with Crippen molar-refractivity contribution < 1.29 is 14.7 Å². The number of fused-ring (bicyclic) bond motifs is 2. The molecule has 2 aliphatic rings. The fourth-order valence-electron chi connectivity index (χ4n) is 3.90. The van der Waals surface area contributed by atoms with Crippen molar-refractivity contribution in [1.29, 1.82) is 0 Å². The Morgan fingerprint density at radius 2 is 2.19 bits per heavy atom. The molecule has 1 saturated heterocycles. The van der Waals surface area contributed by atoms with E-state index in [0.29, 0.717) is 13.0 Å². The molecule has 2 heterocycles. The Morgan fingerprint density at radius 1 is 1.46 bits per heavy atom. The number of hydrogen-bond donors (Lipinski definition) is 2. The van der Waals surface area contributed by atoms with E-state index in [1.54, 1.807) is 0 Å². The minimum atomic E-state index is -0.250. The van der Waals surface area contributed by atoms with E-state index in [4.69, 9.17) is 20.6 Å². The maximum Gasteiger partial charge on any atom is 0.290 e. The van der Waals surface area contributed by atoms with Crippen molar-refractivity contribution in [3.63, 3.8) is 0 Å². The minimum absolute atomic E-state index is 0.0274. The van der Waals surface area contributed by atoms with Crippen LogP contribution in [0, 0.1) is 0 Å². The maximum absolute atomic E-state index is 12.4. The van der Waals surface area contributed by atoms with Crippen molar-refractivity contribution >= 4 is 18.3 Å². The Hall–Kier alpha value is -2.22. The number of nitrogens with zero attached hydrogens (tertiary/aromatic N) is 4. The smallest absolute Gasteiger partial charge is 0.290 e. The molecule has 1 aromatic heterocycles. The number of rotatable bonds is 4. The van der Waals surface area contributed by atoms with Crippen molar-refractivity contribution in [2.24, 2.45) is 5.73 Å². The van der Waals surface area contributed by atoms with E-state index in [1.807, 2.05) is 30.1 Å². The third kappa shape index (κ3) is 4.30. The van der Waals surface area contributed by atoms with Crippen LogP contribution in [0.25, 0.3) is 0 Å². The fraction of sp³-hybridized carbons (Fsp3) is 0.667. The molecule has 0 radical (unpaired) electrons. The molecular formula is C18H29N5O3. The Kier molecular flexibility index (Phi) is 6.90. The van der Waals surface area contributed by atoms with Gasteiger partial charge in [0, 0.05) is 45.2 Å². The van der Waals surface area contributed by atoms with Crippen LogP contribution in [0.5, 0.6) is 0 Å². The monoisotopic (exact) mass is 363 g/mol. The largest absolute Gasteiger partial charge is 0.483 e. The lowest BCUT2D eigenvalue weighted by molar-refractivity contribution is -0.133. The number of carboxylic acid groups (broad SMARTS) is 1. The molecule has 1 spiro atoms. The van der Waals surface area contributed by atoms with Crippen LogP contribution >= 0.6 is 0 Å². The third-order valence-electron chi connectivity index (χ3n) is 5.15. The van der Waals surface area contributed by atoms with Crippen LogP contribution in [0.3, 0.4) is 0 Å². The zero-order valence-electron chi connectivity index (χ0n) is 15.6. The molecule has 8 heteroatoms. The number of nitrogens with two attached hydrogens (primary N) is 1. The molecule has 1 aromatic rings. The van der Waals surface area contributed by atoms with Crippen LogP contribution in [0.15, 0.2) is 6.20 Å². The lowest BCUT2D eigenvalue weighted by Gasteiger charge is -2.40. The molecule has 1 unspecified atom stereocenters. The first-order chi connectivity index (χ1) is 12.5. The minimum Gasteiger partial charge on any atom is -0.483 e. The number of anilines is 1. The molecule has 0 aromatic carbocycles. The predicted molar refractivity (Wildman–Crippen MR) is 99.2 cm³/mol. The average Bonchev–Trinajstić information content (AvgIpc) is 2.97. The number of carbonyl (C=O) groups excluding carboxylic acids is 1. The van der Waals surface area contributed by atoms with Crippen LogP contribution in [0.1, 0.15) is 43.4 Å². The third-order valence-corrected chi connectivity index (χ3v) is 5.15. The molecule has 1 aliphatic carbocycles. The number of aromatic nitrogens is 2. The number of aryl methyl sites for hydroxylation is 1. The summed E-state index contributed by atoms with van der Waals surface area (Å²) >= 11 is 0. The van der Waals surface area contributed by atoms with Crippen molar-refractivity contribution in [1.82, 2.24) is 14.9 Å². The molecular weight excluding hydrogens is 334 g/mol. The van der Waals surface area contributed by atoms with Gasteiger partial charge in [-0.1, -0.05) is 0 Å². The summed E-state index contributed by atoms with van der Waals surface area (Å²) in [7, 11) is 3.93. The van der Waals surface area contributed by atoms with Crippen LogP contribution in [-0.2, 0) is 21.4 Å². The SMILES string of the molecule is CN(C)c1ncc2c(n1)C1(CCCN(C(=O)CCCN)C1)CC2.O=CO. The van der Waals surface area contributed by atoms with Crippen LogP contribution in [0.2, 0.25) is 0 Å². The van der Waals surface area contributed by atoms with Gasteiger partial charge in [0.05, 0.1) is 5.69 Å². The molecule has 3 rings (SSSR count). The standard InChI is InChI=1S/C17H27N5O.CH2O2/c1-21(2)16-19-11-13-6-8-17(15(13)20-16)7-4-10-22(12-17)14(23)5-3-9-18;2-1-3/h11H,3-10,12,18H2,1-2H3;1H,(H,2,3). The summed E-state index contributed by atoms with van der Waals surface area (Å²) in [6, 6.07) is 0. The number of hydrogen-bond acceptors (Lipinski definition) is 6. The first kappa shape index (κ1) is 20.1. The lowest BCUT2D eigenvalue weighted by Crippen LogP contribution is -2.48. The van der Waals surface area contributed by atoms with Gasteiger partial charge in [-0.2, -0.15) is 0 Å². The number of amides is 1. The highest BCUT2D eigenvalue weighted by molar-refractivity contribution is 5.76. The number of piperidine rings is 1. The molecule has 26 heavy (non-hydrogen) atoms. The van der Waals surface area contributed by atoms with Gasteiger partial charge in [-0.25, -0.2) is 9.97 Å². The van der Waals surface area contributed by atoms with E-state index in [-0.39, 0.29) is 17.8 Å². The second kappa shape index (κ2) is 8.93. The zero-order valence-corrected chi connectivity index (χ0v) is 15.6. The molecule has 1 amide bonds. The normalized spacial score (nSPS) is 21.0. The number of carbonyl (C=O) groups is 2. The average molecular weight is 363 g/mol. The number of likely N-dealkylation sites (tertiary alicyclic amines) is 1. The molecule has 1 fully saturated rings. The van der Waals surface area contributed by atoms with Gasteiger partial charge in [0.1, 0.15) is 0 Å². The predicted octanol–water partition coefficient (Wildman–Crippen LogP) is 0.789. The zero-order chi connectivity index (χ0) is 19.2. The first-order valence-electron chi connectivity index (χ1n) is 9.07. The van der Waals surface area contributed by atoms with Crippen LogP contribution in [0.4, 0.5) is 5.95 Å². The molecule has 3 N–H and O–H groups in total. The van der Waals surface area contributed by atoms with Gasteiger partial charge in [-0.15, -0.1) is 0 Å². The van der Waals surface area contributed by atoms with Gasteiger partial charge in [0.25, 0.3) is 6.47 Å². The van der Waals surface area contributed by atoms with Gasteiger partial charge in [-0.3, -0.25) is 9.59 Å². The van der Waals surface area contributed by atoms with Gasteiger partial charge in [-0.05, 0) is 44.2 Å². The maximum atomic E-state index is 12.4. The summed E-state index contributed by atoms with van der Waals surface area (Å²) < 4.78 is 0. The van der Waals surface area contributed by atoms with Crippen LogP contribution < -0.4 is 10.6 Å². The topological polar surface area (TPSA) is 113 Å². The highest BCUT2D eigenvalue weighted by atomic mass is 16.3. The van der Waals surface area contributed by atoms with Crippen LogP contribution in [-0.4, -0.2) is 66.1 Å². The Labute approximate surface area is 154 Å². The van der Waals surface area contributed by atoms with Gasteiger partial charge in [0.15, 0.2) is 0 Å². The van der Waals surface area contributed by atoms with E-state index >= 15 is 0 Å². The van der Waals surface area contributed by atoms with E-state index in [1.165, 1.54) is 11.3 Å².